The lowest BCUT2D eigenvalue weighted by Crippen LogP contribution is -2.44. The van der Waals surface area contributed by atoms with Crippen LogP contribution in [0, 0.1) is 5.82 Å². The van der Waals surface area contributed by atoms with E-state index in [0.717, 1.165) is 16.7 Å². The van der Waals surface area contributed by atoms with E-state index < -0.39 is 17.3 Å². The molecule has 1 heterocycles. The summed E-state index contributed by atoms with van der Waals surface area (Å²) in [5.74, 6) is 0.225. The molecule has 0 aliphatic carbocycles. The van der Waals surface area contributed by atoms with Crippen LogP contribution in [0.4, 0.5) is 17.6 Å². The minimum absolute atomic E-state index is 0. The molecule has 4 nitrogen and oxygen atoms in total. The standard InChI is InChI=1S/C18H22F4N4S.HI/c1-17(2,12-6-4-5-7-13(12)19)11-25-16(23-3)24-9-8-15-26-14(10-27-15)18(20,21)22;/h4-7,10H,8-9,11H2,1-3H3,(H2,23,24,25);1H. The fourth-order valence-electron chi connectivity index (χ4n) is 2.47. The predicted molar refractivity (Wildman–Crippen MR) is 115 cm³/mol. The first-order chi connectivity index (χ1) is 12.6. The number of aliphatic imine (C=N–C) groups is 1. The van der Waals surface area contributed by atoms with Crippen LogP contribution in [-0.2, 0) is 18.0 Å². The first-order valence-electron chi connectivity index (χ1n) is 8.34. The highest BCUT2D eigenvalue weighted by Crippen LogP contribution is 2.30. The SMILES string of the molecule is CN=C(NCCc1nc(C(F)(F)F)cs1)NCC(C)(C)c1ccccc1F.I. The molecule has 1 aromatic carbocycles. The molecule has 2 aromatic rings. The molecule has 10 heteroatoms. The molecule has 2 N–H and O–H groups in total. The Kier molecular flexibility index (Phi) is 9.12. The van der Waals surface area contributed by atoms with Gasteiger partial charge in [-0.3, -0.25) is 4.99 Å². The number of nitrogens with zero attached hydrogens (tertiary/aromatic N) is 2. The summed E-state index contributed by atoms with van der Waals surface area (Å²) in [6.45, 7) is 4.65. The Bertz CT molecular complexity index is 790. The number of rotatable bonds is 6. The van der Waals surface area contributed by atoms with Gasteiger partial charge in [0.1, 0.15) is 5.82 Å². The molecule has 0 spiro atoms. The predicted octanol–water partition coefficient (Wildman–Crippen LogP) is 4.60. The van der Waals surface area contributed by atoms with Crippen molar-refractivity contribution in [3.63, 3.8) is 0 Å². The number of hydrogen-bond acceptors (Lipinski definition) is 3. The lowest BCUT2D eigenvalue weighted by atomic mass is 9.84. The molecule has 1 aromatic heterocycles. The van der Waals surface area contributed by atoms with E-state index in [1.165, 1.54) is 6.07 Å². The Labute approximate surface area is 182 Å². The molecule has 0 bridgehead atoms. The fraction of sp³-hybridized carbons (Fsp3) is 0.444. The van der Waals surface area contributed by atoms with Gasteiger partial charge in [-0.1, -0.05) is 32.0 Å². The van der Waals surface area contributed by atoms with Crippen molar-refractivity contribution in [2.75, 3.05) is 20.1 Å². The third kappa shape index (κ3) is 6.87. The third-order valence-electron chi connectivity index (χ3n) is 4.00. The zero-order valence-corrected chi connectivity index (χ0v) is 18.9. The Hall–Kier alpha value is -1.43. The largest absolute Gasteiger partial charge is 0.434 e. The Morgan fingerprint density at radius 3 is 2.43 bits per heavy atom. The van der Waals surface area contributed by atoms with Gasteiger partial charge in [0.15, 0.2) is 11.7 Å². The molecule has 0 aliphatic rings. The summed E-state index contributed by atoms with van der Waals surface area (Å²) < 4.78 is 51.7. The van der Waals surface area contributed by atoms with Crippen molar-refractivity contribution in [2.24, 2.45) is 4.99 Å². The molecule has 0 atom stereocenters. The normalized spacial score (nSPS) is 12.5. The number of benzene rings is 1. The van der Waals surface area contributed by atoms with Crippen molar-refractivity contribution in [1.82, 2.24) is 15.6 Å². The van der Waals surface area contributed by atoms with E-state index >= 15 is 0 Å². The smallest absolute Gasteiger partial charge is 0.356 e. The molecule has 0 fully saturated rings. The highest BCUT2D eigenvalue weighted by molar-refractivity contribution is 14.0. The summed E-state index contributed by atoms with van der Waals surface area (Å²) in [7, 11) is 1.59. The molecule has 0 amide bonds. The van der Waals surface area contributed by atoms with Gasteiger partial charge in [-0.25, -0.2) is 9.37 Å². The van der Waals surface area contributed by atoms with Gasteiger partial charge in [-0.05, 0) is 11.6 Å². The Morgan fingerprint density at radius 1 is 1.18 bits per heavy atom. The van der Waals surface area contributed by atoms with Crippen LogP contribution in [0.25, 0.3) is 0 Å². The van der Waals surface area contributed by atoms with Crippen molar-refractivity contribution in [1.29, 1.82) is 0 Å². The maximum Gasteiger partial charge on any atom is 0.434 e. The second kappa shape index (κ2) is 10.4. The molecule has 2 rings (SSSR count). The van der Waals surface area contributed by atoms with Crippen LogP contribution < -0.4 is 10.6 Å². The van der Waals surface area contributed by atoms with E-state index in [1.54, 1.807) is 25.2 Å². The molecule has 28 heavy (non-hydrogen) atoms. The number of guanidine groups is 1. The lowest BCUT2D eigenvalue weighted by molar-refractivity contribution is -0.140. The van der Waals surface area contributed by atoms with Gasteiger partial charge in [-0.2, -0.15) is 13.2 Å². The first kappa shape index (κ1) is 24.6. The van der Waals surface area contributed by atoms with E-state index in [-0.39, 0.29) is 29.8 Å². The number of hydrogen-bond donors (Lipinski definition) is 2. The quantitative estimate of drug-likeness (QED) is 0.249. The van der Waals surface area contributed by atoms with Gasteiger partial charge in [-0.15, -0.1) is 35.3 Å². The minimum Gasteiger partial charge on any atom is -0.356 e. The maximum atomic E-state index is 14.0. The average molecular weight is 530 g/mol. The van der Waals surface area contributed by atoms with E-state index in [9.17, 15) is 17.6 Å². The van der Waals surface area contributed by atoms with Crippen LogP contribution in [0.1, 0.15) is 30.1 Å². The summed E-state index contributed by atoms with van der Waals surface area (Å²) in [4.78, 5) is 7.68. The number of aromatic nitrogens is 1. The molecule has 0 radical (unpaired) electrons. The monoisotopic (exact) mass is 530 g/mol. The Morgan fingerprint density at radius 2 is 1.86 bits per heavy atom. The zero-order valence-electron chi connectivity index (χ0n) is 15.7. The summed E-state index contributed by atoms with van der Waals surface area (Å²) >= 11 is 0.979. The average Bonchev–Trinajstić information content (AvgIpc) is 3.07. The van der Waals surface area contributed by atoms with Gasteiger partial charge < -0.3 is 10.6 Å². The third-order valence-corrected chi connectivity index (χ3v) is 4.91. The van der Waals surface area contributed by atoms with Crippen molar-refractivity contribution < 1.29 is 17.6 Å². The van der Waals surface area contributed by atoms with Crippen LogP contribution >= 0.6 is 35.3 Å². The van der Waals surface area contributed by atoms with Gasteiger partial charge >= 0.3 is 6.18 Å². The van der Waals surface area contributed by atoms with E-state index in [2.05, 4.69) is 20.6 Å². The fourth-order valence-corrected chi connectivity index (χ4v) is 3.28. The van der Waals surface area contributed by atoms with Crippen LogP contribution in [0.15, 0.2) is 34.6 Å². The van der Waals surface area contributed by atoms with Gasteiger partial charge in [0.2, 0.25) is 0 Å². The van der Waals surface area contributed by atoms with Gasteiger partial charge in [0.05, 0.1) is 5.01 Å². The van der Waals surface area contributed by atoms with E-state index in [4.69, 9.17) is 0 Å². The van der Waals surface area contributed by atoms with E-state index in [0.29, 0.717) is 36.0 Å². The lowest BCUT2D eigenvalue weighted by Gasteiger charge is -2.27. The van der Waals surface area contributed by atoms with Crippen molar-refractivity contribution in [3.05, 3.63) is 51.7 Å². The number of thiazole rings is 1. The summed E-state index contributed by atoms with van der Waals surface area (Å²) in [5, 5.41) is 7.57. The minimum atomic E-state index is -4.42. The van der Waals surface area contributed by atoms with Crippen LogP contribution in [0.5, 0.6) is 0 Å². The second-order valence-electron chi connectivity index (χ2n) is 6.59. The second-order valence-corrected chi connectivity index (χ2v) is 7.53. The van der Waals surface area contributed by atoms with E-state index in [1.807, 2.05) is 13.8 Å². The van der Waals surface area contributed by atoms with Crippen molar-refractivity contribution in [3.8, 4) is 0 Å². The molecule has 0 saturated carbocycles. The molecule has 0 unspecified atom stereocenters. The summed E-state index contributed by atoms with van der Waals surface area (Å²) in [5.41, 5.74) is -0.744. The van der Waals surface area contributed by atoms with Crippen molar-refractivity contribution in [2.45, 2.75) is 31.9 Å². The summed E-state index contributed by atoms with van der Waals surface area (Å²) in [6, 6.07) is 6.60. The number of alkyl halides is 3. The topological polar surface area (TPSA) is 49.3 Å². The van der Waals surface area contributed by atoms with Crippen LogP contribution in [0.2, 0.25) is 0 Å². The zero-order chi connectivity index (χ0) is 20.1. The Balaban J connectivity index is 0.00000392. The molecular formula is C18H23F4IN4S. The van der Waals surface area contributed by atoms with Crippen LogP contribution in [0.3, 0.4) is 0 Å². The molecular weight excluding hydrogens is 507 g/mol. The molecule has 0 aliphatic heterocycles. The van der Waals surface area contributed by atoms with Gasteiger partial charge in [0.25, 0.3) is 0 Å². The van der Waals surface area contributed by atoms with Crippen molar-refractivity contribution >= 4 is 41.3 Å². The highest BCUT2D eigenvalue weighted by atomic mass is 127. The first-order valence-corrected chi connectivity index (χ1v) is 9.22. The van der Waals surface area contributed by atoms with Crippen LogP contribution in [-0.4, -0.2) is 31.1 Å². The molecule has 0 saturated heterocycles. The summed E-state index contributed by atoms with van der Waals surface area (Å²) in [6.07, 6.45) is -4.07. The van der Waals surface area contributed by atoms with Gasteiger partial charge in [0, 0.05) is 37.4 Å². The highest BCUT2D eigenvalue weighted by Gasteiger charge is 2.33. The maximum absolute atomic E-state index is 14.0. The number of halogens is 5. The molecule has 156 valence electrons. The number of nitrogens with one attached hydrogen (secondary N) is 2.